The molecule has 6 heteroatoms. The Morgan fingerprint density at radius 2 is 2.08 bits per heavy atom. The summed E-state index contributed by atoms with van der Waals surface area (Å²) >= 11 is 0. The third-order valence-corrected chi connectivity index (χ3v) is 6.99. The van der Waals surface area contributed by atoms with E-state index in [1.165, 1.54) is 12.8 Å². The molecule has 0 aromatic carbocycles. The van der Waals surface area contributed by atoms with Gasteiger partial charge in [-0.25, -0.2) is 4.79 Å². The zero-order valence-corrected chi connectivity index (χ0v) is 15.1. The maximum absolute atomic E-state index is 13.1. The molecule has 4 saturated heterocycles. The molecule has 2 bridgehead atoms. The third kappa shape index (κ3) is 2.66. The van der Waals surface area contributed by atoms with Gasteiger partial charge in [-0.15, -0.1) is 0 Å². The third-order valence-electron chi connectivity index (χ3n) is 6.99. The Balaban J connectivity index is 1.30. The number of H-pyrrole nitrogens is 1. The second-order valence-electron chi connectivity index (χ2n) is 8.39. The van der Waals surface area contributed by atoms with Crippen LogP contribution in [0.3, 0.4) is 0 Å². The van der Waals surface area contributed by atoms with Gasteiger partial charge in [-0.05, 0) is 50.2 Å². The number of hydrogen-bond acceptors (Lipinski definition) is 4. The molecule has 0 aliphatic carbocycles. The van der Waals surface area contributed by atoms with Crippen molar-refractivity contribution in [2.45, 2.75) is 56.7 Å². The van der Waals surface area contributed by atoms with Crippen molar-refractivity contribution in [3.05, 3.63) is 24.0 Å². The number of aromatic nitrogens is 1. The number of nitrogens with zero attached hydrogens (tertiary/aromatic N) is 2. The van der Waals surface area contributed by atoms with Crippen molar-refractivity contribution in [3.63, 3.8) is 0 Å². The summed E-state index contributed by atoms with van der Waals surface area (Å²) in [5.41, 5.74) is 0.501. The van der Waals surface area contributed by atoms with Crippen LogP contribution in [0, 0.1) is 11.8 Å². The lowest BCUT2D eigenvalue weighted by atomic mass is 9.70. The molecule has 5 heterocycles. The predicted molar refractivity (Wildman–Crippen MR) is 95.5 cm³/mol. The molecule has 5 atom stereocenters. The van der Waals surface area contributed by atoms with Gasteiger partial charge < -0.3 is 14.6 Å². The van der Waals surface area contributed by atoms with Crippen molar-refractivity contribution in [2.24, 2.45) is 11.8 Å². The van der Waals surface area contributed by atoms with Crippen LogP contribution >= 0.6 is 0 Å². The summed E-state index contributed by atoms with van der Waals surface area (Å²) in [5, 5.41) is 0. The van der Waals surface area contributed by atoms with Crippen LogP contribution in [0.15, 0.2) is 18.3 Å². The molecule has 1 aromatic heterocycles. The Morgan fingerprint density at radius 3 is 2.92 bits per heavy atom. The summed E-state index contributed by atoms with van der Waals surface area (Å²) in [5.74, 6) is 0.799. The van der Waals surface area contributed by atoms with Gasteiger partial charge in [0.25, 0.3) is 0 Å². The highest BCUT2D eigenvalue weighted by atomic mass is 16.5. The summed E-state index contributed by atoms with van der Waals surface area (Å²) in [4.78, 5) is 33.0. The molecule has 0 spiro atoms. The van der Waals surface area contributed by atoms with E-state index < -0.39 is 0 Å². The normalized spacial score (nSPS) is 37.0. The van der Waals surface area contributed by atoms with E-state index in [4.69, 9.17) is 4.74 Å². The Morgan fingerprint density at radius 1 is 1.15 bits per heavy atom. The molecule has 0 radical (unpaired) electrons. The van der Waals surface area contributed by atoms with Crippen LogP contribution < -0.4 is 0 Å². The Labute approximate surface area is 153 Å². The van der Waals surface area contributed by atoms with Gasteiger partial charge in [-0.2, -0.15) is 0 Å². The number of rotatable bonds is 2. The molecular weight excluding hydrogens is 330 g/mol. The summed E-state index contributed by atoms with van der Waals surface area (Å²) in [6.45, 7) is 2.97. The van der Waals surface area contributed by atoms with Crippen molar-refractivity contribution in [2.75, 3.05) is 19.6 Å². The standard InChI is InChI=1S/C20H27N3O3/c24-19-15-10-13(17-5-1-2-8-23(17)19)12-22-9-6-14(11-18(15)22)26-20(25)16-4-3-7-21-16/h3-4,7,13-15,17-18,21H,1-2,5-6,8-12H2/t13-,14+,15+,17+,18+/m1/s1. The highest BCUT2D eigenvalue weighted by molar-refractivity contribution is 5.87. The fourth-order valence-corrected chi connectivity index (χ4v) is 5.77. The second-order valence-corrected chi connectivity index (χ2v) is 8.39. The number of carbonyl (C=O) groups excluding carboxylic acids is 2. The van der Waals surface area contributed by atoms with Gasteiger partial charge in [-0.3, -0.25) is 9.69 Å². The number of aromatic amines is 1. The van der Waals surface area contributed by atoms with E-state index in [2.05, 4.69) is 14.8 Å². The van der Waals surface area contributed by atoms with Crippen LogP contribution in [0.2, 0.25) is 0 Å². The van der Waals surface area contributed by atoms with E-state index in [9.17, 15) is 9.59 Å². The molecule has 4 fully saturated rings. The molecule has 0 saturated carbocycles. The fraction of sp³-hybridized carbons (Fsp3) is 0.700. The summed E-state index contributed by atoms with van der Waals surface area (Å²) in [6.07, 6.45) is 7.91. The molecule has 6 nitrogen and oxygen atoms in total. The molecule has 1 N–H and O–H groups in total. The molecule has 5 rings (SSSR count). The number of nitrogens with one attached hydrogen (secondary N) is 1. The molecule has 26 heavy (non-hydrogen) atoms. The molecular formula is C20H27N3O3. The Hall–Kier alpha value is -1.82. The first kappa shape index (κ1) is 16.4. The number of hydrogen-bond donors (Lipinski definition) is 1. The van der Waals surface area contributed by atoms with Gasteiger partial charge >= 0.3 is 5.97 Å². The van der Waals surface area contributed by atoms with Crippen LogP contribution in [0.4, 0.5) is 0 Å². The minimum atomic E-state index is -0.284. The minimum Gasteiger partial charge on any atom is -0.458 e. The maximum Gasteiger partial charge on any atom is 0.355 e. The first-order chi connectivity index (χ1) is 12.7. The smallest absolute Gasteiger partial charge is 0.355 e. The zero-order valence-electron chi connectivity index (χ0n) is 15.1. The van der Waals surface area contributed by atoms with Crippen LogP contribution in [-0.4, -0.2) is 64.5 Å². The average Bonchev–Trinajstić information content (AvgIpc) is 3.21. The quantitative estimate of drug-likeness (QED) is 0.823. The topological polar surface area (TPSA) is 65.6 Å². The first-order valence-corrected chi connectivity index (χ1v) is 10.1. The van der Waals surface area contributed by atoms with E-state index in [0.717, 1.165) is 45.3 Å². The number of fused-ring (bicyclic) bond motifs is 6. The van der Waals surface area contributed by atoms with Gasteiger partial charge in [0, 0.05) is 44.3 Å². The number of piperidine rings is 4. The molecule has 1 aromatic rings. The summed E-state index contributed by atoms with van der Waals surface area (Å²) in [6, 6.07) is 4.24. The highest BCUT2D eigenvalue weighted by Gasteiger charge is 2.52. The van der Waals surface area contributed by atoms with E-state index >= 15 is 0 Å². The van der Waals surface area contributed by atoms with Gasteiger partial charge in [0.15, 0.2) is 0 Å². The molecule has 1 amide bonds. The van der Waals surface area contributed by atoms with Crippen molar-refractivity contribution in [3.8, 4) is 0 Å². The monoisotopic (exact) mass is 357 g/mol. The lowest BCUT2D eigenvalue weighted by molar-refractivity contribution is -0.161. The van der Waals surface area contributed by atoms with Gasteiger partial charge in [0.05, 0.1) is 5.92 Å². The second kappa shape index (κ2) is 6.41. The van der Waals surface area contributed by atoms with E-state index in [1.54, 1.807) is 18.3 Å². The highest BCUT2D eigenvalue weighted by Crippen LogP contribution is 2.43. The molecule has 0 unspecified atom stereocenters. The number of carbonyl (C=O) groups is 2. The van der Waals surface area contributed by atoms with Crippen LogP contribution in [-0.2, 0) is 9.53 Å². The zero-order chi connectivity index (χ0) is 17.7. The lowest BCUT2D eigenvalue weighted by Crippen LogP contribution is -2.66. The van der Waals surface area contributed by atoms with Crippen molar-refractivity contribution in [1.29, 1.82) is 0 Å². The van der Waals surface area contributed by atoms with Gasteiger partial charge in [0.2, 0.25) is 5.91 Å². The first-order valence-electron chi connectivity index (χ1n) is 10.1. The lowest BCUT2D eigenvalue weighted by Gasteiger charge is -2.56. The van der Waals surface area contributed by atoms with E-state index in [-0.39, 0.29) is 24.0 Å². The van der Waals surface area contributed by atoms with Crippen LogP contribution in [0.25, 0.3) is 0 Å². The van der Waals surface area contributed by atoms with Gasteiger partial charge in [-0.1, -0.05) is 0 Å². The average molecular weight is 357 g/mol. The maximum atomic E-state index is 13.1. The Bertz CT molecular complexity index is 688. The molecule has 4 aliphatic heterocycles. The number of esters is 1. The van der Waals surface area contributed by atoms with Gasteiger partial charge in [0.1, 0.15) is 11.8 Å². The minimum absolute atomic E-state index is 0.0875. The van der Waals surface area contributed by atoms with Crippen LogP contribution in [0.5, 0.6) is 0 Å². The number of amides is 1. The van der Waals surface area contributed by atoms with Crippen molar-refractivity contribution < 1.29 is 14.3 Å². The summed E-state index contributed by atoms with van der Waals surface area (Å²) in [7, 11) is 0. The van der Waals surface area contributed by atoms with E-state index in [1.807, 2.05) is 0 Å². The van der Waals surface area contributed by atoms with Crippen molar-refractivity contribution >= 4 is 11.9 Å². The van der Waals surface area contributed by atoms with Crippen molar-refractivity contribution in [1.82, 2.24) is 14.8 Å². The molecule has 4 aliphatic rings. The molecule has 140 valence electrons. The Kier molecular flexibility index (Phi) is 4.03. The summed E-state index contributed by atoms with van der Waals surface area (Å²) < 4.78 is 5.74. The largest absolute Gasteiger partial charge is 0.458 e. The predicted octanol–water partition coefficient (Wildman–Crippen LogP) is 2.04. The SMILES string of the molecule is O=C(O[C@H]1CCN2C[C@H]3C[C@H](C(=O)N4CCCC[C@@H]34)[C@@H]2C1)c1ccc[nH]1. The fourth-order valence-electron chi connectivity index (χ4n) is 5.77. The van der Waals surface area contributed by atoms with E-state index in [0.29, 0.717) is 23.6 Å². The number of ether oxygens (including phenoxy) is 1. The van der Waals surface area contributed by atoms with Crippen LogP contribution in [0.1, 0.15) is 49.0 Å².